The molecule has 0 amide bonds. The summed E-state index contributed by atoms with van der Waals surface area (Å²) >= 11 is 8.57. The highest BCUT2D eigenvalue weighted by Gasteiger charge is 2.20. The van der Waals surface area contributed by atoms with Crippen LogP contribution in [-0.4, -0.2) is 20.5 Å². The summed E-state index contributed by atoms with van der Waals surface area (Å²) in [7, 11) is -3.79. The third kappa shape index (κ3) is 3.52. The molecule has 0 saturated heterocycles. The van der Waals surface area contributed by atoms with Gasteiger partial charge in [-0.25, -0.2) is 8.42 Å². The van der Waals surface area contributed by atoms with Crippen molar-refractivity contribution in [2.75, 3.05) is 11.0 Å². The third-order valence-corrected chi connectivity index (χ3v) is 6.69. The van der Waals surface area contributed by atoms with Crippen molar-refractivity contribution >= 4 is 56.2 Å². The lowest BCUT2D eigenvalue weighted by Crippen LogP contribution is -2.13. The molecule has 112 valence electrons. The van der Waals surface area contributed by atoms with Gasteiger partial charge in [-0.1, -0.05) is 23.7 Å². The Bertz CT molecular complexity index is 787. The molecule has 9 heteroatoms. The molecule has 0 aliphatic carbocycles. The zero-order valence-electron chi connectivity index (χ0n) is 10.9. The lowest BCUT2D eigenvalue weighted by molar-refractivity contribution is 0.601. The lowest BCUT2D eigenvalue weighted by atomic mass is 10.4. The summed E-state index contributed by atoms with van der Waals surface area (Å²) in [6.45, 7) is 0. The Kier molecular flexibility index (Phi) is 4.82. The monoisotopic (exact) mass is 361 g/mol. The van der Waals surface area contributed by atoms with E-state index in [1.165, 1.54) is 35.2 Å². The molecule has 1 aromatic heterocycles. The molecule has 0 aliphatic heterocycles. The van der Waals surface area contributed by atoms with E-state index >= 15 is 0 Å². The topological polar surface area (TPSA) is 96.0 Å². The van der Waals surface area contributed by atoms with Gasteiger partial charge in [0.2, 0.25) is 0 Å². The van der Waals surface area contributed by atoms with Gasteiger partial charge in [0.1, 0.15) is 10.7 Å². The third-order valence-electron chi connectivity index (χ3n) is 2.52. The van der Waals surface area contributed by atoms with Crippen molar-refractivity contribution in [3.05, 3.63) is 40.2 Å². The van der Waals surface area contributed by atoms with Gasteiger partial charge in [0.05, 0.1) is 19.8 Å². The normalized spacial score (nSPS) is 11.3. The summed E-state index contributed by atoms with van der Waals surface area (Å²) < 4.78 is 28.0. The molecule has 0 radical (unpaired) electrons. The van der Waals surface area contributed by atoms with Crippen molar-refractivity contribution in [2.45, 2.75) is 9.10 Å². The maximum Gasteiger partial charge on any atom is 0.263 e. The Morgan fingerprint density at radius 3 is 2.67 bits per heavy atom. The van der Waals surface area contributed by atoms with Crippen molar-refractivity contribution in [3.8, 4) is 0 Å². The van der Waals surface area contributed by atoms with Crippen molar-refractivity contribution < 1.29 is 8.42 Å². The number of nitrogens with one attached hydrogen (secondary N) is 2. The Hall–Kier alpha value is -1.22. The van der Waals surface area contributed by atoms with E-state index in [1.807, 2.05) is 6.26 Å². The van der Waals surface area contributed by atoms with Crippen LogP contribution in [0.1, 0.15) is 4.88 Å². The molecule has 0 spiro atoms. The summed E-state index contributed by atoms with van der Waals surface area (Å²) in [5.41, 5.74) is 5.84. The van der Waals surface area contributed by atoms with Gasteiger partial charge in [0.15, 0.2) is 0 Å². The summed E-state index contributed by atoms with van der Waals surface area (Å²) in [5.74, 6) is -0.0986. The Morgan fingerprint density at radius 2 is 2.10 bits per heavy atom. The summed E-state index contributed by atoms with van der Waals surface area (Å²) in [5, 5.41) is 7.58. The molecule has 5 nitrogen and oxygen atoms in total. The second-order valence-corrected chi connectivity index (χ2v) is 8.15. The Labute approximate surface area is 136 Å². The quantitative estimate of drug-likeness (QED) is 0.433. The number of nitrogen functional groups attached to an aromatic ring is 1. The molecule has 0 aliphatic rings. The fourth-order valence-corrected chi connectivity index (χ4v) is 4.94. The molecule has 2 rings (SSSR count). The number of halogens is 1. The molecule has 0 bridgehead atoms. The first-order valence-corrected chi connectivity index (χ1v) is 9.55. The number of hydrogen-bond acceptors (Lipinski definition) is 5. The smallest absolute Gasteiger partial charge is 0.263 e. The van der Waals surface area contributed by atoms with Crippen molar-refractivity contribution in [1.82, 2.24) is 0 Å². The lowest BCUT2D eigenvalue weighted by Gasteiger charge is -2.09. The number of hydrogen-bond donors (Lipinski definition) is 3. The second kappa shape index (κ2) is 6.27. The van der Waals surface area contributed by atoms with Crippen LogP contribution in [0.5, 0.6) is 0 Å². The zero-order valence-corrected chi connectivity index (χ0v) is 14.1. The Morgan fingerprint density at radius 1 is 1.43 bits per heavy atom. The van der Waals surface area contributed by atoms with Gasteiger partial charge in [-0.15, -0.1) is 23.1 Å². The molecule has 0 saturated carbocycles. The highest BCUT2D eigenvalue weighted by Crippen LogP contribution is 2.36. The van der Waals surface area contributed by atoms with Crippen LogP contribution < -0.4 is 10.5 Å². The number of amidine groups is 1. The van der Waals surface area contributed by atoms with Gasteiger partial charge in [-0.2, -0.15) is 0 Å². The minimum atomic E-state index is -3.79. The molecule has 21 heavy (non-hydrogen) atoms. The molecule has 0 atom stereocenters. The molecule has 0 fully saturated rings. The summed E-state index contributed by atoms with van der Waals surface area (Å²) in [4.78, 5) is 0.519. The van der Waals surface area contributed by atoms with Crippen LogP contribution in [0.3, 0.4) is 0 Å². The van der Waals surface area contributed by atoms with E-state index in [1.54, 1.807) is 18.2 Å². The number of sulfonamides is 1. The van der Waals surface area contributed by atoms with Gasteiger partial charge >= 0.3 is 0 Å². The maximum absolute atomic E-state index is 12.4. The maximum atomic E-state index is 12.4. The van der Waals surface area contributed by atoms with Crippen LogP contribution >= 0.6 is 34.7 Å². The predicted molar refractivity (Wildman–Crippen MR) is 89.4 cm³/mol. The van der Waals surface area contributed by atoms with Gasteiger partial charge in [-0.05, 0) is 24.5 Å². The van der Waals surface area contributed by atoms with Crippen LogP contribution in [0.15, 0.2) is 39.4 Å². The molecule has 1 heterocycles. The van der Waals surface area contributed by atoms with Crippen molar-refractivity contribution in [3.63, 3.8) is 0 Å². The first-order chi connectivity index (χ1) is 9.85. The fraction of sp³-hybridized carbons (Fsp3) is 0.0833. The van der Waals surface area contributed by atoms with E-state index < -0.39 is 10.0 Å². The van der Waals surface area contributed by atoms with Gasteiger partial charge in [0.25, 0.3) is 10.0 Å². The van der Waals surface area contributed by atoms with Gasteiger partial charge in [-0.3, -0.25) is 10.1 Å². The Balaban J connectivity index is 2.42. The van der Waals surface area contributed by atoms with Gasteiger partial charge < -0.3 is 5.73 Å². The van der Waals surface area contributed by atoms with Crippen molar-refractivity contribution in [1.29, 1.82) is 5.41 Å². The van der Waals surface area contributed by atoms with E-state index in [9.17, 15) is 8.42 Å². The highest BCUT2D eigenvalue weighted by atomic mass is 35.5. The van der Waals surface area contributed by atoms with Crippen LogP contribution in [-0.2, 0) is 10.0 Å². The highest BCUT2D eigenvalue weighted by molar-refractivity contribution is 8.00. The van der Waals surface area contributed by atoms with E-state index in [4.69, 9.17) is 22.7 Å². The number of anilines is 1. The van der Waals surface area contributed by atoms with Crippen molar-refractivity contribution in [2.24, 2.45) is 5.73 Å². The summed E-state index contributed by atoms with van der Waals surface area (Å²) in [6.07, 6.45) is 1.82. The van der Waals surface area contributed by atoms with Gasteiger partial charge in [0, 0.05) is 0 Å². The molecular weight excluding hydrogens is 350 g/mol. The van der Waals surface area contributed by atoms with E-state index in [2.05, 4.69) is 4.72 Å². The first-order valence-electron chi connectivity index (χ1n) is 5.64. The zero-order chi connectivity index (χ0) is 15.6. The number of thioether (sulfide) groups is 1. The summed E-state index contributed by atoms with van der Waals surface area (Å²) in [6, 6.07) is 7.76. The average molecular weight is 362 g/mol. The predicted octanol–water partition coefficient (Wildman–Crippen LogP) is 3.21. The number of nitrogens with two attached hydrogens (primary N) is 1. The van der Waals surface area contributed by atoms with Crippen LogP contribution in [0.25, 0.3) is 0 Å². The molecule has 2 aromatic rings. The standard InChI is InChI=1S/C12H12ClN3O2S3/c1-19-12-8(6-9(20-12)11(14)15)16-21(17,18)10-5-3-2-4-7(10)13/h2-6,16H,1H3,(H3,14,15). The minimum Gasteiger partial charge on any atom is -0.383 e. The van der Waals surface area contributed by atoms with E-state index in [0.717, 1.165) is 4.21 Å². The van der Waals surface area contributed by atoms with Crippen LogP contribution in [0, 0.1) is 5.41 Å². The largest absolute Gasteiger partial charge is 0.383 e. The van der Waals surface area contributed by atoms with Crippen LogP contribution in [0.2, 0.25) is 5.02 Å². The molecule has 1 aromatic carbocycles. The first kappa shape index (κ1) is 16.2. The molecular formula is C12H12ClN3O2S3. The fourth-order valence-electron chi connectivity index (χ4n) is 1.59. The molecule has 0 unspecified atom stereocenters. The molecule has 4 N–H and O–H groups in total. The van der Waals surface area contributed by atoms with E-state index in [0.29, 0.717) is 10.6 Å². The SMILES string of the molecule is CSc1sc(C(=N)N)cc1NS(=O)(=O)c1ccccc1Cl. The average Bonchev–Trinajstić information content (AvgIpc) is 2.81. The minimum absolute atomic E-state index is 0.00861. The van der Waals surface area contributed by atoms with E-state index in [-0.39, 0.29) is 15.8 Å². The number of benzene rings is 1. The second-order valence-electron chi connectivity index (χ2n) is 3.97. The number of rotatable bonds is 5. The number of thiophene rings is 1. The van der Waals surface area contributed by atoms with Crippen LogP contribution in [0.4, 0.5) is 5.69 Å².